The van der Waals surface area contributed by atoms with Crippen molar-refractivity contribution in [3.05, 3.63) is 34.3 Å². The van der Waals surface area contributed by atoms with Gasteiger partial charge in [-0.3, -0.25) is 9.69 Å². The number of likely N-dealkylation sites (tertiary alicyclic amines) is 1. The van der Waals surface area contributed by atoms with Crippen LogP contribution in [0.5, 0.6) is 0 Å². The number of primary amides is 1. The molecule has 1 aromatic carbocycles. The van der Waals surface area contributed by atoms with Crippen molar-refractivity contribution in [3.63, 3.8) is 0 Å². The van der Waals surface area contributed by atoms with Gasteiger partial charge in [0.15, 0.2) is 0 Å². The first-order valence-corrected chi connectivity index (χ1v) is 7.44. The molecule has 1 saturated heterocycles. The summed E-state index contributed by atoms with van der Waals surface area (Å²) >= 11 is 6.25. The van der Waals surface area contributed by atoms with Crippen molar-refractivity contribution in [2.24, 2.45) is 11.5 Å². The largest absolute Gasteiger partial charge is 0.366 e. The zero-order valence-electron chi connectivity index (χ0n) is 11.8. The molecule has 0 radical (unpaired) electrons. The predicted octanol–water partition coefficient (Wildman–Crippen LogP) is 2.14. The summed E-state index contributed by atoms with van der Waals surface area (Å²) in [5.41, 5.74) is 12.8. The van der Waals surface area contributed by atoms with Gasteiger partial charge in [-0.15, -0.1) is 0 Å². The number of rotatable bonds is 4. The average Bonchev–Trinajstić information content (AvgIpc) is 2.41. The highest BCUT2D eigenvalue weighted by Crippen LogP contribution is 2.25. The quantitative estimate of drug-likeness (QED) is 0.894. The summed E-state index contributed by atoms with van der Waals surface area (Å²) in [5.74, 6) is -0.454. The molecule has 1 heterocycles. The summed E-state index contributed by atoms with van der Waals surface area (Å²) < 4.78 is 0. The number of nitrogens with zero attached hydrogens (tertiary/aromatic N) is 1. The number of nitrogens with two attached hydrogens (primary N) is 2. The van der Waals surface area contributed by atoms with E-state index in [1.165, 1.54) is 12.8 Å². The SMILES string of the molecule is CC(N)C1CCCCN1Cc1ccc(C(N)=O)cc1Cl. The molecule has 1 aromatic rings. The van der Waals surface area contributed by atoms with Crippen LogP contribution < -0.4 is 11.5 Å². The Morgan fingerprint density at radius 3 is 2.85 bits per heavy atom. The van der Waals surface area contributed by atoms with Crippen LogP contribution in [0, 0.1) is 0 Å². The smallest absolute Gasteiger partial charge is 0.248 e. The minimum atomic E-state index is -0.454. The van der Waals surface area contributed by atoms with Crippen LogP contribution in [0.1, 0.15) is 42.1 Å². The van der Waals surface area contributed by atoms with Gasteiger partial charge in [-0.05, 0) is 44.0 Å². The molecule has 4 nitrogen and oxygen atoms in total. The van der Waals surface area contributed by atoms with Gasteiger partial charge in [-0.1, -0.05) is 24.1 Å². The van der Waals surface area contributed by atoms with E-state index in [4.69, 9.17) is 23.1 Å². The molecule has 1 amide bonds. The molecule has 5 heteroatoms. The first kappa shape index (κ1) is 15.3. The molecule has 4 N–H and O–H groups in total. The standard InChI is InChI=1S/C15H22ClN3O/c1-10(17)14-4-2-3-7-19(14)9-12-6-5-11(15(18)20)8-13(12)16/h5-6,8,10,14H,2-4,7,9,17H2,1H3,(H2,18,20). The van der Waals surface area contributed by atoms with E-state index >= 15 is 0 Å². The lowest BCUT2D eigenvalue weighted by Gasteiger charge is -2.38. The van der Waals surface area contributed by atoms with Crippen molar-refractivity contribution in [2.45, 2.75) is 44.8 Å². The number of hydrogen-bond acceptors (Lipinski definition) is 3. The van der Waals surface area contributed by atoms with E-state index in [0.29, 0.717) is 16.6 Å². The fourth-order valence-electron chi connectivity index (χ4n) is 2.86. The maximum absolute atomic E-state index is 11.1. The van der Waals surface area contributed by atoms with Crippen molar-refractivity contribution in [1.82, 2.24) is 4.90 Å². The second-order valence-corrected chi connectivity index (χ2v) is 5.97. The molecule has 110 valence electrons. The summed E-state index contributed by atoms with van der Waals surface area (Å²) in [7, 11) is 0. The number of hydrogen-bond donors (Lipinski definition) is 2. The van der Waals surface area contributed by atoms with Crippen LogP contribution in [0.15, 0.2) is 18.2 Å². The number of benzene rings is 1. The number of carbonyl (C=O) groups excluding carboxylic acids is 1. The molecule has 2 unspecified atom stereocenters. The van der Waals surface area contributed by atoms with Crippen molar-refractivity contribution in [3.8, 4) is 0 Å². The first-order chi connectivity index (χ1) is 9.49. The summed E-state index contributed by atoms with van der Waals surface area (Å²) in [6.45, 7) is 3.87. The molecule has 1 aliphatic rings. The molecular formula is C15H22ClN3O. The normalized spacial score (nSPS) is 21.6. The zero-order valence-corrected chi connectivity index (χ0v) is 12.6. The minimum absolute atomic E-state index is 0.152. The highest BCUT2D eigenvalue weighted by molar-refractivity contribution is 6.31. The third-order valence-corrected chi connectivity index (χ3v) is 4.33. The lowest BCUT2D eigenvalue weighted by molar-refractivity contribution is 0.1000. The van der Waals surface area contributed by atoms with Gasteiger partial charge >= 0.3 is 0 Å². The predicted molar refractivity (Wildman–Crippen MR) is 81.7 cm³/mol. The van der Waals surface area contributed by atoms with Crippen LogP contribution in [0.3, 0.4) is 0 Å². The Labute approximate surface area is 125 Å². The highest BCUT2D eigenvalue weighted by Gasteiger charge is 2.25. The molecule has 0 aromatic heterocycles. The van der Waals surface area contributed by atoms with Gasteiger partial charge in [0.05, 0.1) is 0 Å². The van der Waals surface area contributed by atoms with Gasteiger partial charge in [0.1, 0.15) is 0 Å². The Kier molecular flexibility index (Phi) is 5.02. The molecule has 0 bridgehead atoms. The Hall–Kier alpha value is -1.10. The Morgan fingerprint density at radius 1 is 1.50 bits per heavy atom. The molecule has 1 aliphatic heterocycles. The third-order valence-electron chi connectivity index (χ3n) is 3.98. The minimum Gasteiger partial charge on any atom is -0.366 e. The van der Waals surface area contributed by atoms with E-state index in [-0.39, 0.29) is 6.04 Å². The van der Waals surface area contributed by atoms with Gasteiger partial charge in [0.25, 0.3) is 0 Å². The highest BCUT2D eigenvalue weighted by atomic mass is 35.5. The lowest BCUT2D eigenvalue weighted by Crippen LogP contribution is -2.48. The summed E-state index contributed by atoms with van der Waals surface area (Å²) in [5, 5.41) is 0.593. The molecule has 2 atom stereocenters. The van der Waals surface area contributed by atoms with E-state index in [1.807, 2.05) is 6.07 Å². The molecule has 20 heavy (non-hydrogen) atoms. The van der Waals surface area contributed by atoms with E-state index in [2.05, 4.69) is 11.8 Å². The molecule has 1 fully saturated rings. The van der Waals surface area contributed by atoms with Crippen LogP contribution in [0.4, 0.5) is 0 Å². The number of amides is 1. The van der Waals surface area contributed by atoms with E-state index in [0.717, 1.165) is 25.1 Å². The Morgan fingerprint density at radius 2 is 2.25 bits per heavy atom. The second-order valence-electron chi connectivity index (χ2n) is 5.56. The van der Waals surface area contributed by atoms with Crippen molar-refractivity contribution in [2.75, 3.05) is 6.54 Å². The number of halogens is 1. The van der Waals surface area contributed by atoms with E-state index in [1.54, 1.807) is 12.1 Å². The van der Waals surface area contributed by atoms with Gasteiger partial charge in [0.2, 0.25) is 5.91 Å². The zero-order chi connectivity index (χ0) is 14.7. The molecule has 0 spiro atoms. The Bertz CT molecular complexity index is 490. The number of piperidine rings is 1. The molecular weight excluding hydrogens is 274 g/mol. The van der Waals surface area contributed by atoms with Crippen LogP contribution in [0.2, 0.25) is 5.02 Å². The molecule has 0 aliphatic carbocycles. The fraction of sp³-hybridized carbons (Fsp3) is 0.533. The summed E-state index contributed by atoms with van der Waals surface area (Å²) in [6.07, 6.45) is 3.56. The van der Waals surface area contributed by atoms with E-state index < -0.39 is 5.91 Å². The maximum atomic E-state index is 11.1. The Balaban J connectivity index is 2.14. The van der Waals surface area contributed by atoms with Gasteiger partial charge in [0, 0.05) is 29.2 Å². The monoisotopic (exact) mass is 295 g/mol. The lowest BCUT2D eigenvalue weighted by atomic mass is 9.96. The third kappa shape index (κ3) is 3.51. The maximum Gasteiger partial charge on any atom is 0.248 e. The van der Waals surface area contributed by atoms with Gasteiger partial charge in [-0.25, -0.2) is 0 Å². The molecule has 2 rings (SSSR count). The number of carbonyl (C=O) groups is 1. The fourth-order valence-corrected chi connectivity index (χ4v) is 3.10. The van der Waals surface area contributed by atoms with Crippen LogP contribution in [-0.2, 0) is 6.54 Å². The van der Waals surface area contributed by atoms with Crippen molar-refractivity contribution < 1.29 is 4.79 Å². The topological polar surface area (TPSA) is 72.3 Å². The van der Waals surface area contributed by atoms with Crippen LogP contribution in [-0.4, -0.2) is 29.4 Å². The van der Waals surface area contributed by atoms with E-state index in [9.17, 15) is 4.79 Å². The van der Waals surface area contributed by atoms with Crippen LogP contribution >= 0.6 is 11.6 Å². The summed E-state index contributed by atoms with van der Waals surface area (Å²) in [4.78, 5) is 13.5. The van der Waals surface area contributed by atoms with Gasteiger partial charge < -0.3 is 11.5 Å². The second kappa shape index (κ2) is 6.57. The van der Waals surface area contributed by atoms with Crippen LogP contribution in [0.25, 0.3) is 0 Å². The first-order valence-electron chi connectivity index (χ1n) is 7.07. The van der Waals surface area contributed by atoms with Gasteiger partial charge in [-0.2, -0.15) is 0 Å². The van der Waals surface area contributed by atoms with Crippen molar-refractivity contribution in [1.29, 1.82) is 0 Å². The summed E-state index contributed by atoms with van der Waals surface area (Å²) in [6, 6.07) is 5.81. The van der Waals surface area contributed by atoms with Crippen molar-refractivity contribution >= 4 is 17.5 Å². The molecule has 0 saturated carbocycles. The average molecular weight is 296 g/mol.